The van der Waals surface area contributed by atoms with Crippen LogP contribution in [-0.2, 0) is 6.18 Å². The minimum absolute atomic E-state index is 0.139. The van der Waals surface area contributed by atoms with Crippen LogP contribution >= 0.6 is 0 Å². The second-order valence-electron chi connectivity index (χ2n) is 5.02. The summed E-state index contributed by atoms with van der Waals surface area (Å²) in [5, 5.41) is 0. The number of hydrogen-bond donors (Lipinski definition) is 1. The minimum Gasteiger partial charge on any atom is -0.476 e. The minimum atomic E-state index is -4.39. The molecule has 0 amide bonds. The van der Waals surface area contributed by atoms with Crippen molar-refractivity contribution in [2.45, 2.75) is 25.4 Å². The molecule has 1 aromatic rings. The molecule has 1 fully saturated rings. The van der Waals surface area contributed by atoms with E-state index in [1.807, 2.05) is 4.90 Å². The van der Waals surface area contributed by atoms with Gasteiger partial charge in [0.05, 0.1) is 12.1 Å². The molecular weight excluding hydrogens is 297 g/mol. The van der Waals surface area contributed by atoms with Crippen molar-refractivity contribution >= 4 is 5.96 Å². The van der Waals surface area contributed by atoms with Gasteiger partial charge < -0.3 is 15.4 Å². The van der Waals surface area contributed by atoms with Gasteiger partial charge >= 0.3 is 6.18 Å². The lowest BCUT2D eigenvalue weighted by Crippen LogP contribution is -2.41. The van der Waals surface area contributed by atoms with Gasteiger partial charge in [-0.25, -0.2) is 9.98 Å². The predicted molar refractivity (Wildman–Crippen MR) is 76.6 cm³/mol. The van der Waals surface area contributed by atoms with Crippen molar-refractivity contribution in [1.29, 1.82) is 0 Å². The average Bonchev–Trinajstić information content (AvgIpc) is 2.52. The molecule has 2 rings (SSSR count). The molecule has 5 nitrogen and oxygen atoms in total. The van der Waals surface area contributed by atoms with E-state index >= 15 is 0 Å². The average molecular weight is 316 g/mol. The van der Waals surface area contributed by atoms with Gasteiger partial charge in [0.15, 0.2) is 5.96 Å². The molecule has 22 heavy (non-hydrogen) atoms. The molecule has 1 aliphatic heterocycles. The van der Waals surface area contributed by atoms with E-state index in [0.717, 1.165) is 38.2 Å². The highest BCUT2D eigenvalue weighted by atomic mass is 19.4. The lowest BCUT2D eigenvalue weighted by molar-refractivity contribution is -0.137. The number of piperidine rings is 1. The first-order valence-electron chi connectivity index (χ1n) is 7.18. The van der Waals surface area contributed by atoms with Crippen molar-refractivity contribution < 1.29 is 17.9 Å². The highest BCUT2D eigenvalue weighted by Gasteiger charge is 2.30. The van der Waals surface area contributed by atoms with Crippen molar-refractivity contribution in [3.63, 3.8) is 0 Å². The van der Waals surface area contributed by atoms with Gasteiger partial charge in [0.2, 0.25) is 5.88 Å². The number of aliphatic imine (C=N–C) groups is 1. The van der Waals surface area contributed by atoms with E-state index in [0.29, 0.717) is 12.5 Å². The van der Waals surface area contributed by atoms with Crippen molar-refractivity contribution in [2.24, 2.45) is 10.7 Å². The third-order valence-electron chi connectivity index (χ3n) is 3.36. The Morgan fingerprint density at radius 1 is 1.27 bits per heavy atom. The van der Waals surface area contributed by atoms with Crippen LogP contribution in [0, 0.1) is 0 Å². The van der Waals surface area contributed by atoms with Crippen LogP contribution < -0.4 is 10.5 Å². The number of pyridine rings is 1. The van der Waals surface area contributed by atoms with E-state index in [-0.39, 0.29) is 12.5 Å². The second kappa shape index (κ2) is 7.33. The third-order valence-corrected chi connectivity index (χ3v) is 3.36. The van der Waals surface area contributed by atoms with Gasteiger partial charge in [0, 0.05) is 25.4 Å². The zero-order valence-corrected chi connectivity index (χ0v) is 12.1. The Morgan fingerprint density at radius 3 is 2.59 bits per heavy atom. The molecule has 2 N–H and O–H groups in total. The van der Waals surface area contributed by atoms with Crippen molar-refractivity contribution in [2.75, 3.05) is 26.2 Å². The molecule has 122 valence electrons. The normalized spacial score (nSPS) is 16.7. The molecule has 1 saturated heterocycles. The van der Waals surface area contributed by atoms with Crippen LogP contribution in [0.1, 0.15) is 24.8 Å². The summed E-state index contributed by atoms with van der Waals surface area (Å²) in [6.45, 7) is 2.38. The summed E-state index contributed by atoms with van der Waals surface area (Å²) in [5.41, 5.74) is 5.08. The number of hydrogen-bond acceptors (Lipinski definition) is 3. The molecule has 0 saturated carbocycles. The topological polar surface area (TPSA) is 63.7 Å². The van der Waals surface area contributed by atoms with E-state index in [4.69, 9.17) is 10.5 Å². The monoisotopic (exact) mass is 316 g/mol. The highest BCUT2D eigenvalue weighted by Crippen LogP contribution is 2.29. The molecular formula is C14H19F3N4O. The number of nitrogens with zero attached hydrogens (tertiary/aromatic N) is 3. The van der Waals surface area contributed by atoms with E-state index in [1.165, 1.54) is 12.5 Å². The zero-order chi connectivity index (χ0) is 16.0. The highest BCUT2D eigenvalue weighted by molar-refractivity contribution is 5.78. The lowest BCUT2D eigenvalue weighted by atomic mass is 10.1. The van der Waals surface area contributed by atoms with Gasteiger partial charge in [0.1, 0.15) is 6.61 Å². The van der Waals surface area contributed by atoms with Crippen LogP contribution in [0.25, 0.3) is 0 Å². The van der Waals surface area contributed by atoms with E-state index in [9.17, 15) is 13.2 Å². The second-order valence-corrected chi connectivity index (χ2v) is 5.02. The molecule has 0 aromatic carbocycles. The summed E-state index contributed by atoms with van der Waals surface area (Å²) in [6, 6.07) is 2.13. The van der Waals surface area contributed by atoms with E-state index < -0.39 is 11.7 Å². The first-order valence-corrected chi connectivity index (χ1v) is 7.18. The Hall–Kier alpha value is -1.99. The number of halogens is 3. The Labute approximate surface area is 127 Å². The third kappa shape index (κ3) is 4.78. The number of nitrogens with two attached hydrogens (primary N) is 1. The Morgan fingerprint density at radius 2 is 2.00 bits per heavy atom. The lowest BCUT2D eigenvalue weighted by Gasteiger charge is -2.27. The predicted octanol–water partition coefficient (Wildman–Crippen LogP) is 2.28. The number of alkyl halides is 3. The quantitative estimate of drug-likeness (QED) is 0.526. The van der Waals surface area contributed by atoms with Crippen LogP contribution in [-0.4, -0.2) is 42.1 Å². The Kier molecular flexibility index (Phi) is 5.46. The number of guanidine groups is 1. The summed E-state index contributed by atoms with van der Waals surface area (Å²) < 4.78 is 42.4. The molecule has 0 atom stereocenters. The van der Waals surface area contributed by atoms with Gasteiger partial charge in [-0.15, -0.1) is 0 Å². The maximum absolute atomic E-state index is 12.4. The van der Waals surface area contributed by atoms with Crippen LogP contribution in [0.4, 0.5) is 13.2 Å². The van der Waals surface area contributed by atoms with Gasteiger partial charge in [-0.05, 0) is 25.3 Å². The first kappa shape index (κ1) is 16.4. The molecule has 0 unspecified atom stereocenters. The SMILES string of the molecule is NC(=NCCOc1ccc(C(F)(F)F)cn1)N1CCCCC1. The van der Waals surface area contributed by atoms with Crippen molar-refractivity contribution in [1.82, 2.24) is 9.88 Å². The number of rotatable bonds is 4. The smallest absolute Gasteiger partial charge is 0.417 e. The Balaban J connectivity index is 1.76. The first-order chi connectivity index (χ1) is 10.5. The van der Waals surface area contributed by atoms with Crippen molar-refractivity contribution in [3.8, 4) is 5.88 Å². The van der Waals surface area contributed by atoms with Crippen LogP contribution in [0.3, 0.4) is 0 Å². The molecule has 0 aliphatic carbocycles. The van der Waals surface area contributed by atoms with Crippen LogP contribution in [0.5, 0.6) is 5.88 Å². The molecule has 1 aromatic heterocycles. The molecule has 1 aliphatic rings. The van der Waals surface area contributed by atoms with Gasteiger partial charge in [-0.2, -0.15) is 13.2 Å². The summed E-state index contributed by atoms with van der Waals surface area (Å²) in [4.78, 5) is 9.85. The largest absolute Gasteiger partial charge is 0.476 e. The maximum Gasteiger partial charge on any atom is 0.417 e. The Bertz CT molecular complexity index is 496. The fourth-order valence-electron chi connectivity index (χ4n) is 2.17. The zero-order valence-electron chi connectivity index (χ0n) is 12.1. The molecule has 0 bridgehead atoms. The summed E-state index contributed by atoms with van der Waals surface area (Å²) >= 11 is 0. The summed E-state index contributed by atoms with van der Waals surface area (Å²) in [5.74, 6) is 0.628. The number of ether oxygens (including phenoxy) is 1. The molecule has 0 spiro atoms. The molecule has 8 heteroatoms. The molecule has 0 radical (unpaired) electrons. The van der Waals surface area contributed by atoms with E-state index in [1.54, 1.807) is 0 Å². The van der Waals surface area contributed by atoms with Crippen LogP contribution in [0.15, 0.2) is 23.3 Å². The summed E-state index contributed by atoms with van der Waals surface area (Å²) in [6.07, 6.45) is -0.198. The number of likely N-dealkylation sites (tertiary alicyclic amines) is 1. The standard InChI is InChI=1S/C14H19F3N4O/c15-14(16,17)11-4-5-12(20-10-11)22-9-6-19-13(18)21-7-2-1-3-8-21/h4-5,10H,1-3,6-9H2,(H2,18,19). The van der Waals surface area contributed by atoms with Gasteiger partial charge in [-0.1, -0.05) is 0 Å². The maximum atomic E-state index is 12.4. The van der Waals surface area contributed by atoms with Gasteiger partial charge in [-0.3, -0.25) is 0 Å². The number of aromatic nitrogens is 1. The van der Waals surface area contributed by atoms with Crippen LogP contribution in [0.2, 0.25) is 0 Å². The summed E-state index contributed by atoms with van der Waals surface area (Å²) in [7, 11) is 0. The fraction of sp³-hybridized carbons (Fsp3) is 0.571. The van der Waals surface area contributed by atoms with Gasteiger partial charge in [0.25, 0.3) is 0 Å². The van der Waals surface area contributed by atoms with E-state index in [2.05, 4.69) is 9.98 Å². The molecule has 2 heterocycles. The van der Waals surface area contributed by atoms with Crippen molar-refractivity contribution in [3.05, 3.63) is 23.9 Å². The fourth-order valence-corrected chi connectivity index (χ4v) is 2.17.